The number of hydrogen-bond acceptors (Lipinski definition) is 6. The van der Waals surface area contributed by atoms with E-state index in [0.717, 1.165) is 11.3 Å². The van der Waals surface area contributed by atoms with Crippen molar-refractivity contribution in [3.63, 3.8) is 0 Å². The number of nitrogens with one attached hydrogen (secondary N) is 1. The Kier molecular flexibility index (Phi) is 4.52. The van der Waals surface area contributed by atoms with Gasteiger partial charge < -0.3 is 14.5 Å². The van der Waals surface area contributed by atoms with Crippen LogP contribution < -0.4 is 10.1 Å². The van der Waals surface area contributed by atoms with E-state index in [4.69, 9.17) is 9.15 Å². The average Bonchev–Trinajstić information content (AvgIpc) is 3.02. The minimum atomic E-state index is -0.0888. The van der Waals surface area contributed by atoms with Gasteiger partial charge in [0, 0.05) is 13.0 Å². The Balaban J connectivity index is 1.56. The number of rotatable bonds is 6. The summed E-state index contributed by atoms with van der Waals surface area (Å²) in [6, 6.07) is 13.6. The van der Waals surface area contributed by atoms with Gasteiger partial charge in [0.25, 0.3) is 0 Å². The fraction of sp³-hybridized carbons (Fsp3) is 0.235. The van der Waals surface area contributed by atoms with Crippen LogP contribution in [0.2, 0.25) is 0 Å². The van der Waals surface area contributed by atoms with Crippen LogP contribution in [0, 0.1) is 6.92 Å². The lowest BCUT2D eigenvalue weighted by Crippen LogP contribution is -2.07. The van der Waals surface area contributed by atoms with Gasteiger partial charge in [0.2, 0.25) is 17.7 Å². The van der Waals surface area contributed by atoms with E-state index < -0.39 is 0 Å². The fourth-order valence-electron chi connectivity index (χ4n) is 2.08. The molecular formula is C17H18N4O2. The number of anilines is 1. The Morgan fingerprint density at radius 2 is 1.96 bits per heavy atom. The predicted octanol–water partition coefficient (Wildman–Crippen LogP) is 3.53. The molecule has 0 saturated heterocycles. The van der Waals surface area contributed by atoms with Crippen molar-refractivity contribution in [1.82, 2.24) is 15.2 Å². The summed E-state index contributed by atoms with van der Waals surface area (Å²) in [4.78, 5) is 4.29. The highest BCUT2D eigenvalue weighted by Crippen LogP contribution is 2.19. The second kappa shape index (κ2) is 6.91. The van der Waals surface area contributed by atoms with Gasteiger partial charge in [-0.2, -0.15) is 0 Å². The van der Waals surface area contributed by atoms with Crippen LogP contribution in [0.4, 0.5) is 5.69 Å². The number of aryl methyl sites for hydroxylation is 1. The van der Waals surface area contributed by atoms with Crippen molar-refractivity contribution in [3.8, 4) is 5.88 Å². The molecule has 0 amide bonds. The molecule has 0 spiro atoms. The van der Waals surface area contributed by atoms with Gasteiger partial charge in [-0.1, -0.05) is 30.3 Å². The molecule has 0 aliphatic carbocycles. The summed E-state index contributed by atoms with van der Waals surface area (Å²) in [7, 11) is 0. The molecule has 1 unspecified atom stereocenters. The molecule has 6 heteroatoms. The Morgan fingerprint density at radius 1 is 1.13 bits per heavy atom. The number of nitrogens with zero attached hydrogens (tertiary/aromatic N) is 3. The van der Waals surface area contributed by atoms with Gasteiger partial charge in [0.15, 0.2) is 0 Å². The summed E-state index contributed by atoms with van der Waals surface area (Å²) < 4.78 is 11.1. The molecule has 1 atom stereocenters. The second-order valence-electron chi connectivity index (χ2n) is 5.18. The largest absolute Gasteiger partial charge is 0.473 e. The van der Waals surface area contributed by atoms with Crippen molar-refractivity contribution >= 4 is 5.69 Å². The van der Waals surface area contributed by atoms with Gasteiger partial charge in [-0.3, -0.25) is 0 Å². The van der Waals surface area contributed by atoms with E-state index in [2.05, 4.69) is 20.5 Å². The summed E-state index contributed by atoms with van der Waals surface area (Å²) >= 11 is 0. The molecular weight excluding hydrogens is 292 g/mol. The number of pyridine rings is 1. The van der Waals surface area contributed by atoms with E-state index in [1.165, 1.54) is 0 Å². The van der Waals surface area contributed by atoms with Crippen molar-refractivity contribution < 1.29 is 9.15 Å². The molecule has 0 aliphatic heterocycles. The first-order valence-electron chi connectivity index (χ1n) is 7.40. The zero-order valence-corrected chi connectivity index (χ0v) is 13.1. The van der Waals surface area contributed by atoms with Gasteiger partial charge in [0.1, 0.15) is 12.6 Å². The first-order chi connectivity index (χ1) is 11.2. The number of benzene rings is 1. The Labute approximate surface area is 134 Å². The Morgan fingerprint density at radius 3 is 2.61 bits per heavy atom. The minimum Gasteiger partial charge on any atom is -0.473 e. The van der Waals surface area contributed by atoms with Crippen molar-refractivity contribution in [2.45, 2.75) is 26.5 Å². The quantitative estimate of drug-likeness (QED) is 0.751. The molecule has 118 valence electrons. The minimum absolute atomic E-state index is 0.0888. The van der Waals surface area contributed by atoms with Crippen molar-refractivity contribution in [2.24, 2.45) is 0 Å². The van der Waals surface area contributed by atoms with Crippen molar-refractivity contribution in [3.05, 3.63) is 66.0 Å². The molecule has 3 aromatic rings. The maximum Gasteiger partial charge on any atom is 0.238 e. The zero-order valence-electron chi connectivity index (χ0n) is 13.1. The number of ether oxygens (including phenoxy) is 1. The topological polar surface area (TPSA) is 73.1 Å². The molecule has 1 aromatic carbocycles. The third-order valence-electron chi connectivity index (χ3n) is 3.26. The fourth-order valence-corrected chi connectivity index (χ4v) is 2.08. The summed E-state index contributed by atoms with van der Waals surface area (Å²) in [6.07, 6.45) is 1.72. The molecule has 0 bridgehead atoms. The van der Waals surface area contributed by atoms with Crippen molar-refractivity contribution in [2.75, 3.05) is 5.32 Å². The number of hydrogen-bond donors (Lipinski definition) is 1. The Hall–Kier alpha value is -2.89. The first-order valence-corrected chi connectivity index (χ1v) is 7.40. The molecule has 3 rings (SSSR count). The predicted molar refractivity (Wildman–Crippen MR) is 86.1 cm³/mol. The lowest BCUT2D eigenvalue weighted by atomic mass is 10.2. The molecule has 0 aliphatic rings. The summed E-state index contributed by atoms with van der Waals surface area (Å²) in [5.74, 6) is 1.68. The van der Waals surface area contributed by atoms with Crippen LogP contribution in [0.15, 0.2) is 53.1 Å². The zero-order chi connectivity index (χ0) is 16.1. The van der Waals surface area contributed by atoms with Crippen LogP contribution in [-0.2, 0) is 6.61 Å². The molecule has 6 nitrogen and oxygen atoms in total. The summed E-state index contributed by atoms with van der Waals surface area (Å²) in [5, 5.41) is 11.1. The van der Waals surface area contributed by atoms with Crippen LogP contribution >= 0.6 is 0 Å². The molecule has 2 aromatic heterocycles. The monoisotopic (exact) mass is 310 g/mol. The van der Waals surface area contributed by atoms with Gasteiger partial charge in [-0.25, -0.2) is 4.98 Å². The van der Waals surface area contributed by atoms with E-state index in [-0.39, 0.29) is 6.04 Å². The average molecular weight is 310 g/mol. The van der Waals surface area contributed by atoms with E-state index in [9.17, 15) is 0 Å². The maximum atomic E-state index is 5.66. The van der Waals surface area contributed by atoms with Crippen LogP contribution in [0.3, 0.4) is 0 Å². The molecule has 1 N–H and O–H groups in total. The van der Waals surface area contributed by atoms with Gasteiger partial charge >= 0.3 is 0 Å². The highest BCUT2D eigenvalue weighted by molar-refractivity contribution is 5.43. The van der Waals surface area contributed by atoms with Crippen LogP contribution in [0.1, 0.15) is 30.3 Å². The molecule has 2 heterocycles. The molecule has 0 fully saturated rings. The van der Waals surface area contributed by atoms with Crippen LogP contribution in [-0.4, -0.2) is 15.2 Å². The highest BCUT2D eigenvalue weighted by Gasteiger charge is 2.12. The molecule has 0 saturated carbocycles. The summed E-state index contributed by atoms with van der Waals surface area (Å²) in [5.41, 5.74) is 1.97. The van der Waals surface area contributed by atoms with Crippen molar-refractivity contribution in [1.29, 1.82) is 0 Å². The third-order valence-corrected chi connectivity index (χ3v) is 3.26. The van der Waals surface area contributed by atoms with E-state index >= 15 is 0 Å². The third kappa shape index (κ3) is 4.06. The smallest absolute Gasteiger partial charge is 0.238 e. The lowest BCUT2D eigenvalue weighted by Gasteiger charge is -2.11. The standard InChI is InChI=1S/C17H18N4O2/c1-12(17-21-20-13(2)23-17)19-15-8-9-16(18-10-15)22-11-14-6-4-3-5-7-14/h3-10,12,19H,11H2,1-2H3. The SMILES string of the molecule is Cc1nnc(C(C)Nc2ccc(OCc3ccccc3)nc2)o1. The van der Waals surface area contributed by atoms with Crippen LogP contribution in [0.25, 0.3) is 0 Å². The van der Waals surface area contributed by atoms with Crippen LogP contribution in [0.5, 0.6) is 5.88 Å². The maximum absolute atomic E-state index is 5.66. The highest BCUT2D eigenvalue weighted by atomic mass is 16.5. The normalized spacial score (nSPS) is 11.9. The van der Waals surface area contributed by atoms with Gasteiger partial charge in [0.05, 0.1) is 11.9 Å². The lowest BCUT2D eigenvalue weighted by molar-refractivity contribution is 0.294. The summed E-state index contributed by atoms with van der Waals surface area (Å²) in [6.45, 7) is 4.22. The first kappa shape index (κ1) is 15.0. The van der Waals surface area contributed by atoms with E-state index in [1.807, 2.05) is 49.4 Å². The molecule has 0 radical (unpaired) electrons. The van der Waals surface area contributed by atoms with Gasteiger partial charge in [-0.15, -0.1) is 10.2 Å². The second-order valence-corrected chi connectivity index (χ2v) is 5.18. The number of aromatic nitrogens is 3. The Bertz CT molecular complexity index is 741. The molecule has 23 heavy (non-hydrogen) atoms. The van der Waals surface area contributed by atoms with E-state index in [0.29, 0.717) is 24.3 Å². The van der Waals surface area contributed by atoms with Gasteiger partial charge in [-0.05, 0) is 18.6 Å². The van der Waals surface area contributed by atoms with E-state index in [1.54, 1.807) is 13.1 Å².